The molecule has 120 valence electrons. The smallest absolute Gasteiger partial charge is 0.0394 e. The average molecular weight is 312 g/mol. The van der Waals surface area contributed by atoms with Crippen LogP contribution >= 0.6 is 0 Å². The van der Waals surface area contributed by atoms with E-state index >= 15 is 0 Å². The molecule has 24 heavy (non-hydrogen) atoms. The molecule has 0 saturated heterocycles. The van der Waals surface area contributed by atoms with E-state index in [1.54, 1.807) is 0 Å². The van der Waals surface area contributed by atoms with Crippen LogP contribution in [0, 0.1) is 30.1 Å². The van der Waals surface area contributed by atoms with E-state index in [1.165, 1.54) is 43.2 Å². The summed E-state index contributed by atoms with van der Waals surface area (Å²) in [7, 11) is 0. The average Bonchev–Trinajstić information content (AvgIpc) is 2.62. The van der Waals surface area contributed by atoms with E-state index < -0.39 is 0 Å². The molecule has 2 aromatic rings. The molecule has 0 aliphatic heterocycles. The van der Waals surface area contributed by atoms with Crippen molar-refractivity contribution in [2.45, 2.75) is 42.9 Å². The van der Waals surface area contributed by atoms with Gasteiger partial charge in [0.05, 0.1) is 0 Å². The van der Waals surface area contributed by atoms with Gasteiger partial charge in [-0.3, -0.25) is 0 Å². The zero-order valence-electron chi connectivity index (χ0n) is 14.1. The van der Waals surface area contributed by atoms with Crippen molar-refractivity contribution in [3.8, 4) is 12.3 Å². The number of hydrogen-bond donors (Lipinski definition) is 0. The summed E-state index contributed by atoms with van der Waals surface area (Å²) in [6.07, 6.45) is 12.8. The summed E-state index contributed by atoms with van der Waals surface area (Å²) in [4.78, 5) is 0. The summed E-state index contributed by atoms with van der Waals surface area (Å²) in [5.74, 6) is 5.32. The van der Waals surface area contributed by atoms with Crippen LogP contribution in [-0.2, 0) is 10.8 Å². The van der Waals surface area contributed by atoms with Crippen molar-refractivity contribution >= 4 is 0 Å². The Morgan fingerprint density at radius 2 is 1.12 bits per heavy atom. The highest BCUT2D eigenvalue weighted by molar-refractivity contribution is 5.43. The first-order valence-electron chi connectivity index (χ1n) is 9.34. The van der Waals surface area contributed by atoms with Gasteiger partial charge in [0.25, 0.3) is 0 Å². The fourth-order valence-corrected chi connectivity index (χ4v) is 6.84. The fraction of sp³-hybridized carbons (Fsp3) is 0.417. The Hall–Kier alpha value is -2.00. The van der Waals surface area contributed by atoms with Gasteiger partial charge in [-0.2, -0.15) is 0 Å². The van der Waals surface area contributed by atoms with Crippen LogP contribution in [0.25, 0.3) is 0 Å². The molecule has 2 aromatic carbocycles. The monoisotopic (exact) mass is 312 g/mol. The van der Waals surface area contributed by atoms with Gasteiger partial charge in [-0.25, -0.2) is 0 Å². The minimum atomic E-state index is 0.190. The first kappa shape index (κ1) is 14.4. The Morgan fingerprint density at radius 1 is 0.708 bits per heavy atom. The van der Waals surface area contributed by atoms with Gasteiger partial charge in [-0.15, -0.1) is 12.3 Å². The molecular formula is C24H24. The Morgan fingerprint density at radius 3 is 1.50 bits per heavy atom. The third-order valence-corrected chi connectivity index (χ3v) is 7.25. The number of rotatable bonds is 2. The summed E-state index contributed by atoms with van der Waals surface area (Å²) in [5, 5.41) is 0. The molecule has 0 aromatic heterocycles. The lowest BCUT2D eigenvalue weighted by Gasteiger charge is -2.66. The van der Waals surface area contributed by atoms with E-state index in [2.05, 4.69) is 66.6 Å². The molecule has 0 amide bonds. The van der Waals surface area contributed by atoms with Gasteiger partial charge in [0.15, 0.2) is 0 Å². The van der Waals surface area contributed by atoms with Crippen molar-refractivity contribution in [1.29, 1.82) is 0 Å². The molecule has 4 bridgehead atoms. The van der Waals surface area contributed by atoms with Crippen LogP contribution in [-0.4, -0.2) is 0 Å². The SMILES string of the molecule is C#CC1C2(c3ccccc3)CC3CC(C2)CC1(c1ccccc1)C3. The first-order chi connectivity index (χ1) is 11.8. The van der Waals surface area contributed by atoms with E-state index in [1.807, 2.05) is 0 Å². The Balaban J connectivity index is 1.72. The van der Waals surface area contributed by atoms with Gasteiger partial charge >= 0.3 is 0 Å². The molecule has 0 N–H and O–H groups in total. The lowest BCUT2D eigenvalue weighted by atomic mass is 9.37. The van der Waals surface area contributed by atoms with Crippen molar-refractivity contribution in [2.75, 3.05) is 0 Å². The van der Waals surface area contributed by atoms with Crippen molar-refractivity contribution in [3.05, 3.63) is 71.8 Å². The van der Waals surface area contributed by atoms with Gasteiger partial charge in [0.2, 0.25) is 0 Å². The Bertz CT molecular complexity index is 706. The molecule has 0 radical (unpaired) electrons. The third kappa shape index (κ3) is 1.76. The molecule has 4 aliphatic carbocycles. The summed E-state index contributed by atoms with van der Waals surface area (Å²) in [5.41, 5.74) is 3.36. The predicted molar refractivity (Wildman–Crippen MR) is 98.6 cm³/mol. The minimum Gasteiger partial charge on any atom is -0.120 e. The predicted octanol–water partition coefficient (Wildman–Crippen LogP) is 5.34. The van der Waals surface area contributed by atoms with Crippen LogP contribution in [0.1, 0.15) is 43.2 Å². The lowest BCUT2D eigenvalue weighted by molar-refractivity contribution is -0.0611. The molecule has 6 rings (SSSR count). The summed E-state index contributed by atoms with van der Waals surface area (Å²) in [6.45, 7) is 0. The molecule has 4 aliphatic rings. The summed E-state index contributed by atoms with van der Waals surface area (Å²) in [6, 6.07) is 22.3. The quantitative estimate of drug-likeness (QED) is 0.657. The van der Waals surface area contributed by atoms with E-state index in [9.17, 15) is 0 Å². The second-order valence-electron chi connectivity index (χ2n) is 8.43. The Labute approximate surface area is 145 Å². The van der Waals surface area contributed by atoms with Crippen molar-refractivity contribution in [2.24, 2.45) is 17.8 Å². The fourth-order valence-electron chi connectivity index (χ4n) is 6.84. The van der Waals surface area contributed by atoms with Crippen LogP contribution < -0.4 is 0 Å². The van der Waals surface area contributed by atoms with Crippen LogP contribution in [0.15, 0.2) is 60.7 Å². The number of hydrogen-bond acceptors (Lipinski definition) is 0. The third-order valence-electron chi connectivity index (χ3n) is 7.25. The molecule has 4 saturated carbocycles. The standard InChI is InChI=1S/C24H24/c1-2-22-23(20-9-5-3-6-10-20)14-18-13-19(15-23)17-24(22,16-18)21-11-7-4-8-12-21/h1,3-12,18-19,22H,13-17H2. The van der Waals surface area contributed by atoms with Crippen LogP contribution in [0.4, 0.5) is 0 Å². The van der Waals surface area contributed by atoms with Crippen LogP contribution in [0.2, 0.25) is 0 Å². The van der Waals surface area contributed by atoms with Crippen LogP contribution in [0.3, 0.4) is 0 Å². The van der Waals surface area contributed by atoms with Crippen LogP contribution in [0.5, 0.6) is 0 Å². The maximum Gasteiger partial charge on any atom is 0.0394 e. The molecule has 0 unspecified atom stereocenters. The Kier molecular flexibility index (Phi) is 2.99. The first-order valence-corrected chi connectivity index (χ1v) is 9.34. The molecular weight excluding hydrogens is 288 g/mol. The highest BCUT2D eigenvalue weighted by Gasteiger charge is 2.64. The van der Waals surface area contributed by atoms with E-state index in [4.69, 9.17) is 6.42 Å². The van der Waals surface area contributed by atoms with E-state index in [0.717, 1.165) is 11.8 Å². The van der Waals surface area contributed by atoms with Crippen molar-refractivity contribution in [1.82, 2.24) is 0 Å². The van der Waals surface area contributed by atoms with Gasteiger partial charge in [0.1, 0.15) is 0 Å². The zero-order valence-corrected chi connectivity index (χ0v) is 14.1. The van der Waals surface area contributed by atoms with Gasteiger partial charge in [-0.1, -0.05) is 60.7 Å². The molecule has 0 atom stereocenters. The summed E-state index contributed by atoms with van der Waals surface area (Å²) < 4.78 is 0. The van der Waals surface area contributed by atoms with Crippen molar-refractivity contribution in [3.63, 3.8) is 0 Å². The molecule has 0 heterocycles. The molecule has 0 heteroatoms. The largest absolute Gasteiger partial charge is 0.120 e. The molecule has 0 nitrogen and oxygen atoms in total. The van der Waals surface area contributed by atoms with Gasteiger partial charge in [-0.05, 0) is 55.1 Å². The molecule has 0 spiro atoms. The lowest BCUT2D eigenvalue weighted by Crippen LogP contribution is -2.62. The second-order valence-corrected chi connectivity index (χ2v) is 8.43. The molecule has 4 fully saturated rings. The normalized spacial score (nSPS) is 39.5. The topological polar surface area (TPSA) is 0 Å². The number of terminal acetylenes is 1. The maximum atomic E-state index is 6.25. The van der Waals surface area contributed by atoms with Gasteiger partial charge < -0.3 is 0 Å². The maximum absolute atomic E-state index is 6.25. The second kappa shape index (κ2) is 5.00. The van der Waals surface area contributed by atoms with E-state index in [0.29, 0.717) is 5.92 Å². The van der Waals surface area contributed by atoms with Gasteiger partial charge in [0, 0.05) is 16.7 Å². The highest BCUT2D eigenvalue weighted by atomic mass is 14.7. The van der Waals surface area contributed by atoms with Crippen molar-refractivity contribution < 1.29 is 0 Å². The zero-order chi connectivity index (χ0) is 16.2. The highest BCUT2D eigenvalue weighted by Crippen LogP contribution is 2.68. The number of benzene rings is 2. The minimum absolute atomic E-state index is 0.190. The summed E-state index contributed by atoms with van der Waals surface area (Å²) >= 11 is 0. The van der Waals surface area contributed by atoms with E-state index in [-0.39, 0.29) is 10.8 Å².